The lowest BCUT2D eigenvalue weighted by atomic mass is 9.92. The minimum absolute atomic E-state index is 0.182. The van der Waals surface area contributed by atoms with Crippen LogP contribution in [-0.2, 0) is 17.8 Å². The summed E-state index contributed by atoms with van der Waals surface area (Å²) in [5, 5.41) is 0. The predicted octanol–water partition coefficient (Wildman–Crippen LogP) is 1.72. The number of allylic oxidation sites excluding steroid dienone is 2. The third-order valence-electron chi connectivity index (χ3n) is 3.79. The molecule has 2 heterocycles. The standard InChI is InChI=1S/C14H17N3O/c18-14(11-4-2-1-3-5-11)17-7-6-13-12(9-17)8-15-10-16-13/h1-2,8,10-11H,3-7,9H2. The van der Waals surface area contributed by atoms with Crippen LogP contribution in [0.25, 0.3) is 0 Å². The summed E-state index contributed by atoms with van der Waals surface area (Å²) < 4.78 is 0. The van der Waals surface area contributed by atoms with Gasteiger partial charge in [0.15, 0.2) is 0 Å². The fraction of sp³-hybridized carbons (Fsp3) is 0.500. The van der Waals surface area contributed by atoms with Gasteiger partial charge in [-0.25, -0.2) is 9.97 Å². The van der Waals surface area contributed by atoms with Crippen molar-refractivity contribution in [3.05, 3.63) is 35.9 Å². The summed E-state index contributed by atoms with van der Waals surface area (Å²) in [6.07, 6.45) is 11.5. The first kappa shape index (κ1) is 11.4. The van der Waals surface area contributed by atoms with Gasteiger partial charge in [0.1, 0.15) is 6.33 Å². The van der Waals surface area contributed by atoms with Crippen molar-refractivity contribution in [2.24, 2.45) is 5.92 Å². The van der Waals surface area contributed by atoms with E-state index in [2.05, 4.69) is 22.1 Å². The molecule has 2 aliphatic rings. The molecular weight excluding hydrogens is 226 g/mol. The summed E-state index contributed by atoms with van der Waals surface area (Å²) in [6.45, 7) is 1.47. The van der Waals surface area contributed by atoms with Crippen molar-refractivity contribution in [2.45, 2.75) is 32.2 Å². The maximum Gasteiger partial charge on any atom is 0.226 e. The largest absolute Gasteiger partial charge is 0.338 e. The van der Waals surface area contributed by atoms with Crippen molar-refractivity contribution < 1.29 is 4.79 Å². The van der Waals surface area contributed by atoms with Crippen LogP contribution in [0.2, 0.25) is 0 Å². The summed E-state index contributed by atoms with van der Waals surface area (Å²) in [7, 11) is 0. The van der Waals surface area contributed by atoms with Gasteiger partial charge in [-0.1, -0.05) is 12.2 Å². The Hall–Kier alpha value is -1.71. The molecule has 0 radical (unpaired) electrons. The zero-order valence-electron chi connectivity index (χ0n) is 10.4. The van der Waals surface area contributed by atoms with E-state index >= 15 is 0 Å². The zero-order valence-corrected chi connectivity index (χ0v) is 10.4. The van der Waals surface area contributed by atoms with Crippen LogP contribution < -0.4 is 0 Å². The predicted molar refractivity (Wildman–Crippen MR) is 67.6 cm³/mol. The highest BCUT2D eigenvalue weighted by Gasteiger charge is 2.27. The number of carbonyl (C=O) groups is 1. The van der Waals surface area contributed by atoms with E-state index in [1.807, 2.05) is 11.1 Å². The van der Waals surface area contributed by atoms with E-state index < -0.39 is 0 Å². The molecule has 1 aliphatic heterocycles. The van der Waals surface area contributed by atoms with Gasteiger partial charge in [-0.2, -0.15) is 0 Å². The van der Waals surface area contributed by atoms with Gasteiger partial charge in [0, 0.05) is 37.2 Å². The lowest BCUT2D eigenvalue weighted by Gasteiger charge is -2.31. The number of aromatic nitrogens is 2. The normalized spacial score (nSPS) is 22.7. The van der Waals surface area contributed by atoms with Crippen LogP contribution in [0.1, 0.15) is 30.5 Å². The Balaban J connectivity index is 1.72. The van der Waals surface area contributed by atoms with Crippen molar-refractivity contribution in [3.63, 3.8) is 0 Å². The fourth-order valence-corrected chi connectivity index (χ4v) is 2.73. The number of amides is 1. The molecule has 1 atom stereocenters. The Bertz CT molecular complexity index is 484. The molecule has 0 spiro atoms. The molecule has 1 aliphatic carbocycles. The second-order valence-electron chi connectivity index (χ2n) is 4.99. The SMILES string of the molecule is O=C(C1CC=CCC1)N1CCc2ncncc2C1. The van der Waals surface area contributed by atoms with Gasteiger partial charge in [-0.3, -0.25) is 4.79 Å². The van der Waals surface area contributed by atoms with Gasteiger partial charge in [0.25, 0.3) is 0 Å². The Kier molecular flexibility index (Phi) is 3.09. The fourth-order valence-electron chi connectivity index (χ4n) is 2.73. The zero-order chi connectivity index (χ0) is 12.4. The van der Waals surface area contributed by atoms with Gasteiger partial charge in [0.2, 0.25) is 5.91 Å². The molecule has 1 unspecified atom stereocenters. The summed E-state index contributed by atoms with van der Waals surface area (Å²) in [4.78, 5) is 22.7. The Labute approximate surface area is 107 Å². The molecule has 0 aromatic carbocycles. The second-order valence-corrected chi connectivity index (χ2v) is 4.99. The van der Waals surface area contributed by atoms with Crippen molar-refractivity contribution in [2.75, 3.05) is 6.54 Å². The first-order valence-corrected chi connectivity index (χ1v) is 6.56. The second kappa shape index (κ2) is 4.88. The van der Waals surface area contributed by atoms with Crippen LogP contribution in [0.15, 0.2) is 24.7 Å². The van der Waals surface area contributed by atoms with Gasteiger partial charge in [-0.15, -0.1) is 0 Å². The van der Waals surface area contributed by atoms with Crippen LogP contribution in [-0.4, -0.2) is 27.3 Å². The van der Waals surface area contributed by atoms with Crippen LogP contribution in [0.4, 0.5) is 0 Å². The van der Waals surface area contributed by atoms with E-state index in [1.165, 1.54) is 0 Å². The first-order chi connectivity index (χ1) is 8.84. The van der Waals surface area contributed by atoms with E-state index in [-0.39, 0.29) is 5.92 Å². The van der Waals surface area contributed by atoms with Crippen molar-refractivity contribution in [1.29, 1.82) is 0 Å². The smallest absolute Gasteiger partial charge is 0.226 e. The molecule has 0 saturated heterocycles. The molecule has 94 valence electrons. The molecule has 0 bridgehead atoms. The van der Waals surface area contributed by atoms with E-state index in [0.29, 0.717) is 12.5 Å². The molecular formula is C14H17N3O. The number of rotatable bonds is 1. The van der Waals surface area contributed by atoms with Gasteiger partial charge < -0.3 is 4.90 Å². The van der Waals surface area contributed by atoms with Crippen molar-refractivity contribution in [3.8, 4) is 0 Å². The number of fused-ring (bicyclic) bond motifs is 1. The first-order valence-electron chi connectivity index (χ1n) is 6.56. The lowest BCUT2D eigenvalue weighted by Crippen LogP contribution is -2.40. The molecule has 4 heteroatoms. The maximum atomic E-state index is 12.4. The van der Waals surface area contributed by atoms with Crippen molar-refractivity contribution >= 4 is 5.91 Å². The molecule has 1 aromatic rings. The minimum Gasteiger partial charge on any atom is -0.338 e. The third-order valence-corrected chi connectivity index (χ3v) is 3.79. The van der Waals surface area contributed by atoms with Gasteiger partial charge in [-0.05, 0) is 19.3 Å². The van der Waals surface area contributed by atoms with Crippen LogP contribution in [0.5, 0.6) is 0 Å². The molecule has 18 heavy (non-hydrogen) atoms. The highest BCUT2D eigenvalue weighted by Crippen LogP contribution is 2.24. The highest BCUT2D eigenvalue weighted by molar-refractivity contribution is 5.79. The molecule has 1 aromatic heterocycles. The Morgan fingerprint density at radius 1 is 1.39 bits per heavy atom. The molecule has 3 rings (SSSR count). The maximum absolute atomic E-state index is 12.4. The van der Waals surface area contributed by atoms with E-state index in [0.717, 1.165) is 43.5 Å². The summed E-state index contributed by atoms with van der Waals surface area (Å²) in [5.74, 6) is 0.482. The molecule has 0 saturated carbocycles. The summed E-state index contributed by atoms with van der Waals surface area (Å²) in [5.41, 5.74) is 2.20. The Morgan fingerprint density at radius 2 is 2.33 bits per heavy atom. The van der Waals surface area contributed by atoms with Crippen LogP contribution >= 0.6 is 0 Å². The molecule has 0 fully saturated rings. The third kappa shape index (κ3) is 2.15. The monoisotopic (exact) mass is 243 g/mol. The highest BCUT2D eigenvalue weighted by atomic mass is 16.2. The molecule has 0 N–H and O–H groups in total. The van der Waals surface area contributed by atoms with Gasteiger partial charge in [0.05, 0.1) is 5.69 Å². The van der Waals surface area contributed by atoms with Gasteiger partial charge >= 0.3 is 0 Å². The van der Waals surface area contributed by atoms with E-state index in [4.69, 9.17) is 0 Å². The number of hydrogen-bond acceptors (Lipinski definition) is 3. The van der Waals surface area contributed by atoms with Crippen molar-refractivity contribution in [1.82, 2.24) is 14.9 Å². The van der Waals surface area contributed by atoms with E-state index in [1.54, 1.807) is 6.33 Å². The minimum atomic E-state index is 0.182. The number of carbonyl (C=O) groups excluding carboxylic acids is 1. The molecule has 4 nitrogen and oxygen atoms in total. The van der Waals surface area contributed by atoms with Crippen LogP contribution in [0, 0.1) is 5.92 Å². The average Bonchev–Trinajstić information content (AvgIpc) is 2.47. The number of hydrogen-bond donors (Lipinski definition) is 0. The molecule has 1 amide bonds. The summed E-state index contributed by atoms with van der Waals surface area (Å²) in [6, 6.07) is 0. The number of nitrogens with zero attached hydrogens (tertiary/aromatic N) is 3. The average molecular weight is 243 g/mol. The summed E-state index contributed by atoms with van der Waals surface area (Å²) >= 11 is 0. The quantitative estimate of drug-likeness (QED) is 0.705. The van der Waals surface area contributed by atoms with Crippen LogP contribution in [0.3, 0.4) is 0 Å². The topological polar surface area (TPSA) is 46.1 Å². The Morgan fingerprint density at radius 3 is 3.17 bits per heavy atom. The lowest BCUT2D eigenvalue weighted by molar-refractivity contribution is -0.136. The van der Waals surface area contributed by atoms with E-state index in [9.17, 15) is 4.79 Å².